The lowest BCUT2D eigenvalue weighted by molar-refractivity contribution is 0.403. The van der Waals surface area contributed by atoms with E-state index in [2.05, 4.69) is 5.10 Å². The van der Waals surface area contributed by atoms with Crippen LogP contribution >= 0.6 is 23.2 Å². The molecular formula is C13H10Cl2N2O4S. The molecule has 0 amide bonds. The summed E-state index contributed by atoms with van der Waals surface area (Å²) in [5, 5.41) is 22.6. The Morgan fingerprint density at radius 1 is 1.14 bits per heavy atom. The van der Waals surface area contributed by atoms with Crippen LogP contribution in [0.15, 0.2) is 46.4 Å². The second kappa shape index (κ2) is 6.43. The summed E-state index contributed by atoms with van der Waals surface area (Å²) in [5.41, 5.74) is 0.139. The Kier molecular flexibility index (Phi) is 4.80. The second-order valence-corrected chi connectivity index (χ2v) is 6.62. The molecule has 0 heterocycles. The summed E-state index contributed by atoms with van der Waals surface area (Å²) in [6.07, 6.45) is 1.05. The van der Waals surface area contributed by atoms with E-state index in [0.29, 0.717) is 0 Å². The molecule has 0 atom stereocenters. The number of phenolic OH excluding ortho intramolecular Hbond substituents is 2. The third-order valence-corrected chi connectivity index (χ3v) is 4.54. The van der Waals surface area contributed by atoms with Gasteiger partial charge >= 0.3 is 0 Å². The van der Waals surface area contributed by atoms with Gasteiger partial charge in [0.25, 0.3) is 10.0 Å². The van der Waals surface area contributed by atoms with Gasteiger partial charge in [-0.2, -0.15) is 13.5 Å². The van der Waals surface area contributed by atoms with Crippen molar-refractivity contribution in [3.05, 3.63) is 52.0 Å². The first-order valence-electron chi connectivity index (χ1n) is 5.82. The maximum Gasteiger partial charge on any atom is 0.278 e. The predicted molar refractivity (Wildman–Crippen MR) is 84.1 cm³/mol. The highest BCUT2D eigenvalue weighted by atomic mass is 35.5. The van der Waals surface area contributed by atoms with Crippen molar-refractivity contribution in [3.8, 4) is 11.5 Å². The molecule has 0 fully saturated rings. The van der Waals surface area contributed by atoms with Gasteiger partial charge in [0.05, 0.1) is 11.2 Å². The van der Waals surface area contributed by atoms with Crippen molar-refractivity contribution in [2.24, 2.45) is 5.10 Å². The first-order chi connectivity index (χ1) is 10.3. The van der Waals surface area contributed by atoms with E-state index in [9.17, 15) is 18.6 Å². The molecule has 2 rings (SSSR count). The van der Waals surface area contributed by atoms with E-state index in [0.717, 1.165) is 6.21 Å². The summed E-state index contributed by atoms with van der Waals surface area (Å²) >= 11 is 11.6. The summed E-state index contributed by atoms with van der Waals surface area (Å²) in [5.74, 6) is -0.754. The fourth-order valence-electron chi connectivity index (χ4n) is 1.55. The lowest BCUT2D eigenvalue weighted by Gasteiger charge is -2.06. The van der Waals surface area contributed by atoms with E-state index < -0.39 is 15.8 Å². The predicted octanol–water partition coefficient (Wildman–Crippen LogP) is 2.72. The summed E-state index contributed by atoms with van der Waals surface area (Å²) in [4.78, 5) is 1.72. The van der Waals surface area contributed by atoms with Gasteiger partial charge in [-0.05, 0) is 30.3 Å². The number of sulfonamides is 1. The van der Waals surface area contributed by atoms with E-state index in [-0.39, 0.29) is 26.3 Å². The number of hydrogen-bond donors (Lipinski definition) is 3. The SMILES string of the molecule is O=S(=O)(NN=Cc1cccc(O)c1O)c1cc(Cl)ccc1Cl. The summed E-state index contributed by atoms with van der Waals surface area (Å²) < 4.78 is 24.1. The highest BCUT2D eigenvalue weighted by molar-refractivity contribution is 7.89. The third-order valence-electron chi connectivity index (χ3n) is 2.61. The van der Waals surface area contributed by atoms with Crippen molar-refractivity contribution < 1.29 is 18.6 Å². The first kappa shape index (κ1) is 16.4. The molecule has 0 bridgehead atoms. The average molecular weight is 361 g/mol. The molecule has 0 aromatic heterocycles. The number of benzene rings is 2. The Morgan fingerprint density at radius 3 is 2.59 bits per heavy atom. The van der Waals surface area contributed by atoms with Crippen molar-refractivity contribution in [1.29, 1.82) is 0 Å². The van der Waals surface area contributed by atoms with Crippen molar-refractivity contribution in [2.75, 3.05) is 0 Å². The quantitative estimate of drug-likeness (QED) is 0.443. The number of rotatable bonds is 4. The van der Waals surface area contributed by atoms with Crippen LogP contribution in [-0.4, -0.2) is 24.8 Å². The smallest absolute Gasteiger partial charge is 0.278 e. The lowest BCUT2D eigenvalue weighted by Crippen LogP contribution is -2.18. The fourth-order valence-corrected chi connectivity index (χ4v) is 3.11. The van der Waals surface area contributed by atoms with Crippen LogP contribution in [0.5, 0.6) is 11.5 Å². The topological polar surface area (TPSA) is 99.0 Å². The lowest BCUT2D eigenvalue weighted by atomic mass is 10.2. The minimum atomic E-state index is -4.02. The molecule has 6 nitrogen and oxygen atoms in total. The van der Waals surface area contributed by atoms with Crippen LogP contribution in [0.1, 0.15) is 5.56 Å². The van der Waals surface area contributed by atoms with Crippen LogP contribution in [-0.2, 0) is 10.0 Å². The Morgan fingerprint density at radius 2 is 1.86 bits per heavy atom. The van der Waals surface area contributed by atoms with E-state index in [1.807, 2.05) is 4.83 Å². The zero-order chi connectivity index (χ0) is 16.3. The molecule has 3 N–H and O–H groups in total. The molecule has 116 valence electrons. The van der Waals surface area contributed by atoms with Crippen LogP contribution in [0.2, 0.25) is 10.0 Å². The van der Waals surface area contributed by atoms with Crippen molar-refractivity contribution in [2.45, 2.75) is 4.90 Å². The molecule has 2 aromatic carbocycles. The number of hydrazone groups is 1. The van der Waals surface area contributed by atoms with Gasteiger partial charge in [0.1, 0.15) is 4.90 Å². The largest absolute Gasteiger partial charge is 0.504 e. The Labute approximate surface area is 136 Å². The van der Waals surface area contributed by atoms with Gasteiger partial charge in [-0.25, -0.2) is 4.83 Å². The molecule has 0 saturated heterocycles. The zero-order valence-electron chi connectivity index (χ0n) is 10.9. The highest BCUT2D eigenvalue weighted by Crippen LogP contribution is 2.27. The molecule has 2 aromatic rings. The monoisotopic (exact) mass is 360 g/mol. The molecule has 0 radical (unpaired) electrons. The molecular weight excluding hydrogens is 351 g/mol. The van der Waals surface area contributed by atoms with Crippen LogP contribution in [0.3, 0.4) is 0 Å². The highest BCUT2D eigenvalue weighted by Gasteiger charge is 2.17. The molecule has 0 unspecified atom stereocenters. The molecule has 0 aliphatic carbocycles. The fraction of sp³-hybridized carbons (Fsp3) is 0. The minimum absolute atomic E-state index is 0.00713. The molecule has 0 aliphatic heterocycles. The standard InChI is InChI=1S/C13H10Cl2N2O4S/c14-9-4-5-10(15)12(6-9)22(20,21)17-16-7-8-2-1-3-11(18)13(8)19/h1-7,17-19H. The molecule has 9 heteroatoms. The Bertz CT molecular complexity index is 838. The van der Waals surface area contributed by atoms with Crippen LogP contribution < -0.4 is 4.83 Å². The Balaban J connectivity index is 2.25. The zero-order valence-corrected chi connectivity index (χ0v) is 13.2. The van der Waals surface area contributed by atoms with Gasteiger partial charge in [-0.1, -0.05) is 29.3 Å². The van der Waals surface area contributed by atoms with Gasteiger partial charge in [-0.3, -0.25) is 0 Å². The van der Waals surface area contributed by atoms with Crippen molar-refractivity contribution in [3.63, 3.8) is 0 Å². The van der Waals surface area contributed by atoms with Gasteiger partial charge in [0.2, 0.25) is 0 Å². The number of nitrogens with zero attached hydrogens (tertiary/aromatic N) is 1. The maximum atomic E-state index is 12.1. The summed E-state index contributed by atoms with van der Waals surface area (Å²) in [7, 11) is -4.02. The molecule has 0 saturated carbocycles. The average Bonchev–Trinajstić information content (AvgIpc) is 2.46. The maximum absolute atomic E-state index is 12.1. The van der Waals surface area contributed by atoms with E-state index in [1.54, 1.807) is 0 Å². The normalized spacial score (nSPS) is 11.7. The van der Waals surface area contributed by atoms with E-state index in [1.165, 1.54) is 36.4 Å². The number of halogens is 2. The molecule has 22 heavy (non-hydrogen) atoms. The second-order valence-electron chi connectivity index (χ2n) is 4.14. The Hall–Kier alpha value is -1.96. The van der Waals surface area contributed by atoms with Crippen molar-refractivity contribution in [1.82, 2.24) is 4.83 Å². The first-order valence-corrected chi connectivity index (χ1v) is 8.06. The van der Waals surface area contributed by atoms with E-state index >= 15 is 0 Å². The van der Waals surface area contributed by atoms with Gasteiger partial charge in [-0.15, -0.1) is 0 Å². The van der Waals surface area contributed by atoms with Crippen molar-refractivity contribution >= 4 is 39.4 Å². The van der Waals surface area contributed by atoms with Gasteiger partial charge in [0.15, 0.2) is 11.5 Å². The molecule has 0 spiro atoms. The number of aromatic hydroxyl groups is 2. The number of hydrogen-bond acceptors (Lipinski definition) is 5. The summed E-state index contributed by atoms with van der Waals surface area (Å²) in [6, 6.07) is 8.19. The number of phenols is 2. The van der Waals surface area contributed by atoms with Gasteiger partial charge < -0.3 is 10.2 Å². The summed E-state index contributed by atoms with van der Waals surface area (Å²) in [6.45, 7) is 0. The number of para-hydroxylation sites is 1. The van der Waals surface area contributed by atoms with Crippen LogP contribution in [0.25, 0.3) is 0 Å². The van der Waals surface area contributed by atoms with Crippen LogP contribution in [0, 0.1) is 0 Å². The van der Waals surface area contributed by atoms with Crippen LogP contribution in [0.4, 0.5) is 0 Å². The molecule has 0 aliphatic rings. The van der Waals surface area contributed by atoms with E-state index in [4.69, 9.17) is 23.2 Å². The minimum Gasteiger partial charge on any atom is -0.504 e. The van der Waals surface area contributed by atoms with Gasteiger partial charge in [0, 0.05) is 10.6 Å². The number of nitrogens with one attached hydrogen (secondary N) is 1. The third kappa shape index (κ3) is 3.62.